The first-order valence-corrected chi connectivity index (χ1v) is 6.56. The zero-order valence-electron chi connectivity index (χ0n) is 12.4. The van der Waals surface area contributed by atoms with Crippen LogP contribution in [0.3, 0.4) is 0 Å². The number of likely N-dealkylation sites (N-methyl/N-ethyl adjacent to an activating group) is 1. The minimum Gasteiger partial charge on any atom is -0.465 e. The zero-order chi connectivity index (χ0) is 14.2. The molecule has 0 saturated carbocycles. The highest BCUT2D eigenvalue weighted by atomic mass is 16.5. The van der Waals surface area contributed by atoms with Crippen LogP contribution in [0.5, 0.6) is 0 Å². The highest BCUT2D eigenvalue weighted by molar-refractivity contribution is 5.79. The van der Waals surface area contributed by atoms with Gasteiger partial charge >= 0.3 is 5.97 Å². The van der Waals surface area contributed by atoms with Crippen molar-refractivity contribution in [2.24, 2.45) is 5.73 Å². The van der Waals surface area contributed by atoms with Crippen LogP contribution < -0.4 is 5.73 Å². The molecule has 18 heavy (non-hydrogen) atoms. The maximum absolute atomic E-state index is 11.6. The lowest BCUT2D eigenvalue weighted by atomic mass is 9.99. The Morgan fingerprint density at radius 1 is 1.39 bits per heavy atom. The van der Waals surface area contributed by atoms with Crippen LogP contribution in [0.1, 0.15) is 34.1 Å². The highest BCUT2D eigenvalue weighted by Crippen LogP contribution is 2.09. The van der Waals surface area contributed by atoms with Gasteiger partial charge < -0.3 is 20.1 Å². The molecule has 0 bridgehead atoms. The van der Waals surface area contributed by atoms with E-state index in [2.05, 4.69) is 4.90 Å². The molecule has 0 radical (unpaired) electrons. The second-order valence-corrected chi connectivity index (χ2v) is 5.11. The Morgan fingerprint density at radius 3 is 2.50 bits per heavy atom. The third-order valence-corrected chi connectivity index (χ3v) is 2.68. The largest absolute Gasteiger partial charge is 0.465 e. The maximum Gasteiger partial charge on any atom is 0.325 e. The summed E-state index contributed by atoms with van der Waals surface area (Å²) >= 11 is 0. The first-order chi connectivity index (χ1) is 8.29. The molecule has 5 nitrogen and oxygen atoms in total. The second-order valence-electron chi connectivity index (χ2n) is 5.11. The lowest BCUT2D eigenvalue weighted by Gasteiger charge is -2.25. The Morgan fingerprint density at radius 2 is 2.00 bits per heavy atom. The van der Waals surface area contributed by atoms with Crippen LogP contribution in [0, 0.1) is 0 Å². The van der Waals surface area contributed by atoms with Crippen LogP contribution in [0.2, 0.25) is 0 Å². The summed E-state index contributed by atoms with van der Waals surface area (Å²) in [4.78, 5) is 13.7. The van der Waals surface area contributed by atoms with Gasteiger partial charge in [-0.2, -0.15) is 0 Å². The van der Waals surface area contributed by atoms with E-state index in [4.69, 9.17) is 15.2 Å². The molecule has 0 spiro atoms. The number of hydrogen-bond acceptors (Lipinski definition) is 5. The number of carbonyl (C=O) groups is 1. The zero-order valence-corrected chi connectivity index (χ0v) is 12.4. The predicted octanol–water partition coefficient (Wildman–Crippen LogP) is 1.01. The van der Waals surface area contributed by atoms with Gasteiger partial charge in [-0.1, -0.05) is 0 Å². The van der Waals surface area contributed by atoms with Crippen molar-refractivity contribution in [3.63, 3.8) is 0 Å². The summed E-state index contributed by atoms with van der Waals surface area (Å²) in [5.74, 6) is -0.336. The van der Waals surface area contributed by atoms with Gasteiger partial charge in [-0.05, 0) is 41.2 Å². The highest BCUT2D eigenvalue weighted by Gasteiger charge is 2.29. The van der Waals surface area contributed by atoms with Crippen molar-refractivity contribution < 1.29 is 14.3 Å². The second kappa shape index (κ2) is 8.45. The lowest BCUT2D eigenvalue weighted by molar-refractivity contribution is -0.149. The molecular weight excluding hydrogens is 232 g/mol. The number of rotatable bonds is 9. The van der Waals surface area contributed by atoms with Crippen molar-refractivity contribution in [3.05, 3.63) is 0 Å². The third kappa shape index (κ3) is 7.63. The van der Waals surface area contributed by atoms with Crippen LogP contribution in [-0.4, -0.2) is 55.9 Å². The molecule has 0 aromatic rings. The van der Waals surface area contributed by atoms with Gasteiger partial charge in [0.1, 0.15) is 5.54 Å². The first kappa shape index (κ1) is 17.4. The average Bonchev–Trinajstić information content (AvgIpc) is 2.26. The van der Waals surface area contributed by atoms with E-state index >= 15 is 0 Å². The van der Waals surface area contributed by atoms with Gasteiger partial charge in [-0.15, -0.1) is 0 Å². The molecular formula is C13H28N2O3. The minimum absolute atomic E-state index is 0.248. The number of nitrogens with two attached hydrogens (primary N) is 1. The van der Waals surface area contributed by atoms with Crippen LogP contribution in [-0.2, 0) is 14.3 Å². The Bertz CT molecular complexity index is 242. The standard InChI is InChI=1S/C13H28N2O3/c1-6-17-12(16)13(4,14)7-8-15(5)9-10-18-11(2)3/h11H,6-10,14H2,1-5H3. The lowest BCUT2D eigenvalue weighted by Crippen LogP contribution is -2.48. The Balaban J connectivity index is 3.88. The summed E-state index contributed by atoms with van der Waals surface area (Å²) in [7, 11) is 1.99. The minimum atomic E-state index is -0.914. The van der Waals surface area contributed by atoms with Crippen molar-refractivity contribution in [2.75, 3.05) is 33.4 Å². The fraction of sp³-hybridized carbons (Fsp3) is 0.923. The fourth-order valence-corrected chi connectivity index (χ4v) is 1.38. The maximum atomic E-state index is 11.6. The SMILES string of the molecule is CCOC(=O)C(C)(N)CCN(C)CCOC(C)C. The molecule has 5 heteroatoms. The van der Waals surface area contributed by atoms with Crippen molar-refractivity contribution in [1.29, 1.82) is 0 Å². The number of nitrogens with zero attached hydrogens (tertiary/aromatic N) is 1. The fourth-order valence-electron chi connectivity index (χ4n) is 1.38. The summed E-state index contributed by atoms with van der Waals surface area (Å²) in [6.45, 7) is 10.1. The molecule has 1 unspecified atom stereocenters. The van der Waals surface area contributed by atoms with E-state index in [-0.39, 0.29) is 12.1 Å². The van der Waals surface area contributed by atoms with Gasteiger partial charge in [0.2, 0.25) is 0 Å². The summed E-state index contributed by atoms with van der Waals surface area (Å²) in [6.07, 6.45) is 0.821. The van der Waals surface area contributed by atoms with Crippen LogP contribution in [0.15, 0.2) is 0 Å². The van der Waals surface area contributed by atoms with Gasteiger partial charge in [0, 0.05) is 13.1 Å². The molecule has 1 atom stereocenters. The van der Waals surface area contributed by atoms with Crippen molar-refractivity contribution in [3.8, 4) is 0 Å². The van der Waals surface area contributed by atoms with Gasteiger partial charge in [0.25, 0.3) is 0 Å². The Kier molecular flexibility index (Phi) is 8.15. The molecule has 0 aliphatic carbocycles. The summed E-state index contributed by atoms with van der Waals surface area (Å²) < 4.78 is 10.4. The van der Waals surface area contributed by atoms with Crippen molar-refractivity contribution in [1.82, 2.24) is 4.90 Å². The van der Waals surface area contributed by atoms with E-state index in [9.17, 15) is 4.79 Å². The predicted molar refractivity (Wildman–Crippen MR) is 72.4 cm³/mol. The first-order valence-electron chi connectivity index (χ1n) is 6.56. The average molecular weight is 260 g/mol. The molecule has 0 aliphatic heterocycles. The smallest absolute Gasteiger partial charge is 0.325 e. The normalized spacial score (nSPS) is 14.9. The third-order valence-electron chi connectivity index (χ3n) is 2.68. The van der Waals surface area contributed by atoms with Gasteiger partial charge in [-0.3, -0.25) is 4.79 Å². The molecule has 0 heterocycles. The monoisotopic (exact) mass is 260 g/mol. The van der Waals surface area contributed by atoms with Gasteiger partial charge in [0.05, 0.1) is 19.3 Å². The molecule has 108 valence electrons. The summed E-state index contributed by atoms with van der Waals surface area (Å²) in [6, 6.07) is 0. The topological polar surface area (TPSA) is 64.8 Å². The number of ether oxygens (including phenoxy) is 2. The van der Waals surface area contributed by atoms with E-state index in [1.165, 1.54) is 0 Å². The van der Waals surface area contributed by atoms with E-state index in [0.29, 0.717) is 19.6 Å². The van der Waals surface area contributed by atoms with Crippen molar-refractivity contribution in [2.45, 2.75) is 45.8 Å². The quantitative estimate of drug-likeness (QED) is 0.627. The number of carbonyl (C=O) groups excluding carboxylic acids is 1. The Labute approximate surface area is 111 Å². The van der Waals surface area contributed by atoms with Gasteiger partial charge in [-0.25, -0.2) is 0 Å². The van der Waals surface area contributed by atoms with E-state index < -0.39 is 5.54 Å². The molecule has 0 amide bonds. The number of hydrogen-bond donors (Lipinski definition) is 1. The van der Waals surface area contributed by atoms with Crippen molar-refractivity contribution >= 4 is 5.97 Å². The van der Waals surface area contributed by atoms with E-state index in [1.807, 2.05) is 20.9 Å². The summed E-state index contributed by atoms with van der Waals surface area (Å²) in [5.41, 5.74) is 5.03. The molecule has 0 aromatic heterocycles. The molecule has 0 fully saturated rings. The van der Waals surface area contributed by atoms with Crippen LogP contribution in [0.4, 0.5) is 0 Å². The Hall–Kier alpha value is -0.650. The molecule has 0 aliphatic rings. The van der Waals surface area contributed by atoms with Crippen LogP contribution >= 0.6 is 0 Å². The van der Waals surface area contributed by atoms with E-state index in [1.54, 1.807) is 13.8 Å². The molecule has 0 aromatic carbocycles. The molecule has 0 saturated heterocycles. The molecule has 2 N–H and O–H groups in total. The van der Waals surface area contributed by atoms with Gasteiger partial charge in [0.15, 0.2) is 0 Å². The summed E-state index contributed by atoms with van der Waals surface area (Å²) in [5, 5.41) is 0. The molecule has 0 rings (SSSR count). The van der Waals surface area contributed by atoms with Crippen LogP contribution in [0.25, 0.3) is 0 Å². The number of esters is 1. The van der Waals surface area contributed by atoms with E-state index in [0.717, 1.165) is 13.1 Å².